The second-order valence-electron chi connectivity index (χ2n) is 9.78. The zero-order chi connectivity index (χ0) is 21.8. The minimum Gasteiger partial charge on any atom is -0.404 e. The number of anilines is 1. The van der Waals surface area contributed by atoms with E-state index in [1.807, 2.05) is 48.7 Å². The SMILES string of the molecule is Cc1nc2c3c(ccn2c1C)C(=O)[C@H](O[Si](C)(C)C(C)(C)C)[C@@H](c1ccccc1)N3. The standard InChI is InChI=1S/C24H31N3O2Si/c1-15-16(2)27-14-13-18-20(23(27)25-15)26-19(17-11-9-8-10-12-17)22(21(18)28)29-30(6,7)24(3,4)5/h8-14,19,22,26H,1-7H3/t19-,22-/m1/s1. The first-order valence-corrected chi connectivity index (χ1v) is 13.4. The number of imidazole rings is 1. The van der Waals surface area contributed by atoms with Crippen LogP contribution in [0.5, 0.6) is 0 Å². The molecule has 0 radical (unpaired) electrons. The summed E-state index contributed by atoms with van der Waals surface area (Å²) >= 11 is 0. The van der Waals surface area contributed by atoms with E-state index in [9.17, 15) is 4.79 Å². The van der Waals surface area contributed by atoms with Gasteiger partial charge < -0.3 is 14.1 Å². The van der Waals surface area contributed by atoms with Crippen molar-refractivity contribution in [2.45, 2.75) is 64.9 Å². The number of hydrogen-bond acceptors (Lipinski definition) is 4. The van der Waals surface area contributed by atoms with Crippen LogP contribution in [0, 0.1) is 13.8 Å². The van der Waals surface area contributed by atoms with Crippen molar-refractivity contribution < 1.29 is 9.22 Å². The molecule has 0 spiro atoms. The van der Waals surface area contributed by atoms with Gasteiger partial charge in [0.25, 0.3) is 0 Å². The highest BCUT2D eigenvalue weighted by molar-refractivity contribution is 6.74. The number of aryl methyl sites for hydroxylation is 2. The number of nitrogens with zero attached hydrogens (tertiary/aromatic N) is 2. The highest BCUT2D eigenvalue weighted by Gasteiger charge is 2.46. The lowest BCUT2D eigenvalue weighted by Crippen LogP contribution is -2.50. The monoisotopic (exact) mass is 421 g/mol. The fraction of sp³-hybridized carbons (Fsp3) is 0.417. The van der Waals surface area contributed by atoms with Crippen LogP contribution in [0.2, 0.25) is 18.1 Å². The van der Waals surface area contributed by atoms with Gasteiger partial charge in [0.1, 0.15) is 6.10 Å². The predicted molar refractivity (Wildman–Crippen MR) is 124 cm³/mol. The highest BCUT2D eigenvalue weighted by Crippen LogP contribution is 2.43. The Balaban J connectivity index is 1.87. The van der Waals surface area contributed by atoms with Crippen LogP contribution in [0.4, 0.5) is 5.69 Å². The van der Waals surface area contributed by atoms with E-state index in [1.165, 1.54) is 0 Å². The van der Waals surface area contributed by atoms with Gasteiger partial charge in [0, 0.05) is 17.5 Å². The first-order chi connectivity index (χ1) is 14.0. The maximum absolute atomic E-state index is 13.8. The number of Topliss-reactive ketones (excluding diaryl/α,β-unsaturated/α-hetero) is 1. The number of hydrogen-bond donors (Lipinski definition) is 1. The molecule has 3 heterocycles. The van der Waals surface area contributed by atoms with Gasteiger partial charge in [-0.1, -0.05) is 51.1 Å². The molecule has 1 aliphatic heterocycles. The zero-order valence-electron chi connectivity index (χ0n) is 18.9. The van der Waals surface area contributed by atoms with Gasteiger partial charge in [-0.3, -0.25) is 4.79 Å². The second kappa shape index (κ2) is 7.06. The summed E-state index contributed by atoms with van der Waals surface area (Å²) in [5, 5.41) is 3.65. The first-order valence-electron chi connectivity index (χ1n) is 10.5. The summed E-state index contributed by atoms with van der Waals surface area (Å²) in [5.74, 6) is 0.0308. The van der Waals surface area contributed by atoms with E-state index in [1.54, 1.807) is 0 Å². The van der Waals surface area contributed by atoms with Crippen LogP contribution < -0.4 is 5.32 Å². The molecule has 1 N–H and O–H groups in total. The fourth-order valence-electron chi connectivity index (χ4n) is 3.76. The van der Waals surface area contributed by atoms with Gasteiger partial charge in [0.15, 0.2) is 19.7 Å². The Morgan fingerprint density at radius 2 is 1.77 bits per heavy atom. The van der Waals surface area contributed by atoms with Gasteiger partial charge in [-0.05, 0) is 43.6 Å². The number of carbonyl (C=O) groups excluding carboxylic acids is 1. The van der Waals surface area contributed by atoms with Crippen molar-refractivity contribution in [3.05, 3.63) is 65.1 Å². The number of pyridine rings is 1. The third-order valence-electron chi connectivity index (χ3n) is 6.78. The molecular weight excluding hydrogens is 390 g/mol. The minimum absolute atomic E-state index is 0.00998. The zero-order valence-corrected chi connectivity index (χ0v) is 19.9. The third kappa shape index (κ3) is 3.28. The van der Waals surface area contributed by atoms with E-state index in [-0.39, 0.29) is 16.9 Å². The summed E-state index contributed by atoms with van der Waals surface area (Å²) < 4.78 is 8.77. The first kappa shape index (κ1) is 20.8. The van der Waals surface area contributed by atoms with Crippen LogP contribution in [0.1, 0.15) is 54.1 Å². The molecule has 0 saturated heterocycles. The smallest absolute Gasteiger partial charge is 0.195 e. The fourth-order valence-corrected chi connectivity index (χ4v) is 4.99. The molecule has 0 amide bonds. The molecule has 3 aromatic rings. The molecule has 0 saturated carbocycles. The van der Waals surface area contributed by atoms with Crippen molar-refractivity contribution in [3.8, 4) is 0 Å². The van der Waals surface area contributed by atoms with Crippen molar-refractivity contribution in [1.29, 1.82) is 0 Å². The van der Waals surface area contributed by atoms with Crippen LogP contribution in [0.15, 0.2) is 42.6 Å². The summed E-state index contributed by atoms with van der Waals surface area (Å²) in [5.41, 5.74) is 5.34. The molecule has 0 aliphatic carbocycles. The number of fused-ring (bicyclic) bond motifs is 3. The molecule has 30 heavy (non-hydrogen) atoms. The average Bonchev–Trinajstić information content (AvgIpc) is 2.98. The molecule has 0 fully saturated rings. The topological polar surface area (TPSA) is 55.6 Å². The van der Waals surface area contributed by atoms with Crippen LogP contribution in [0.3, 0.4) is 0 Å². The molecule has 0 bridgehead atoms. The Kier molecular flexibility index (Phi) is 4.90. The molecular formula is C24H31N3O2Si. The molecule has 0 unspecified atom stereocenters. The number of benzene rings is 1. The number of aromatic nitrogens is 2. The summed E-state index contributed by atoms with van der Waals surface area (Å²) in [6.07, 6.45) is 1.37. The van der Waals surface area contributed by atoms with Gasteiger partial charge in [0.05, 0.1) is 17.4 Å². The number of ketones is 1. The second-order valence-corrected chi connectivity index (χ2v) is 14.5. The minimum atomic E-state index is -2.17. The highest BCUT2D eigenvalue weighted by atomic mass is 28.4. The lowest BCUT2D eigenvalue weighted by Gasteiger charge is -2.43. The quantitative estimate of drug-likeness (QED) is 0.552. The van der Waals surface area contributed by atoms with E-state index in [4.69, 9.17) is 9.41 Å². The molecule has 4 rings (SSSR count). The molecule has 5 nitrogen and oxygen atoms in total. The van der Waals surface area contributed by atoms with Crippen LogP contribution >= 0.6 is 0 Å². The van der Waals surface area contributed by atoms with Gasteiger partial charge in [-0.2, -0.15) is 0 Å². The van der Waals surface area contributed by atoms with Crippen molar-refractivity contribution in [1.82, 2.24) is 9.38 Å². The molecule has 2 aromatic heterocycles. The van der Waals surface area contributed by atoms with Gasteiger partial charge in [0.2, 0.25) is 0 Å². The molecule has 1 aromatic carbocycles. The number of carbonyl (C=O) groups is 1. The normalized spacial score (nSPS) is 19.6. The van der Waals surface area contributed by atoms with Crippen LogP contribution in [-0.4, -0.2) is 29.6 Å². The Morgan fingerprint density at radius 3 is 2.40 bits per heavy atom. The third-order valence-corrected chi connectivity index (χ3v) is 11.2. The largest absolute Gasteiger partial charge is 0.404 e. The average molecular weight is 422 g/mol. The maximum atomic E-state index is 13.8. The molecule has 2 atom stereocenters. The van der Waals surface area contributed by atoms with E-state index >= 15 is 0 Å². The summed E-state index contributed by atoms with van der Waals surface area (Å²) in [6, 6.07) is 11.7. The lowest BCUT2D eigenvalue weighted by molar-refractivity contribution is 0.0719. The van der Waals surface area contributed by atoms with E-state index in [0.29, 0.717) is 5.56 Å². The summed E-state index contributed by atoms with van der Waals surface area (Å²) in [4.78, 5) is 18.5. The molecule has 1 aliphatic rings. The van der Waals surface area contributed by atoms with Crippen molar-refractivity contribution in [2.24, 2.45) is 0 Å². The van der Waals surface area contributed by atoms with Gasteiger partial charge in [-0.25, -0.2) is 4.98 Å². The number of nitrogens with one attached hydrogen (secondary N) is 1. The summed E-state index contributed by atoms with van der Waals surface area (Å²) in [7, 11) is -2.17. The lowest BCUT2D eigenvalue weighted by atomic mass is 9.90. The molecule has 6 heteroatoms. The predicted octanol–water partition coefficient (Wildman–Crippen LogP) is 5.69. The van der Waals surface area contributed by atoms with Crippen LogP contribution in [-0.2, 0) is 4.43 Å². The van der Waals surface area contributed by atoms with E-state index in [0.717, 1.165) is 28.3 Å². The number of rotatable bonds is 3. The van der Waals surface area contributed by atoms with Crippen LogP contribution in [0.25, 0.3) is 5.65 Å². The van der Waals surface area contributed by atoms with Gasteiger partial charge >= 0.3 is 0 Å². The molecule has 158 valence electrons. The Morgan fingerprint density at radius 1 is 1.10 bits per heavy atom. The van der Waals surface area contributed by atoms with E-state index in [2.05, 4.69) is 51.3 Å². The Hall–Kier alpha value is -2.44. The van der Waals surface area contributed by atoms with Crippen molar-refractivity contribution >= 4 is 25.4 Å². The van der Waals surface area contributed by atoms with Crippen molar-refractivity contribution in [2.75, 3.05) is 5.32 Å². The van der Waals surface area contributed by atoms with E-state index < -0.39 is 14.4 Å². The Bertz CT molecular complexity index is 1110. The Labute approximate surface area is 179 Å². The maximum Gasteiger partial charge on any atom is 0.195 e. The van der Waals surface area contributed by atoms with Crippen molar-refractivity contribution in [3.63, 3.8) is 0 Å². The van der Waals surface area contributed by atoms with Gasteiger partial charge in [-0.15, -0.1) is 0 Å². The summed E-state index contributed by atoms with van der Waals surface area (Å²) in [6.45, 7) is 15.0.